The Morgan fingerprint density at radius 1 is 0.467 bits per heavy atom. The predicted molar refractivity (Wildman–Crippen MR) is 318 cm³/mol. The minimum atomic E-state index is -1.57. The second kappa shape index (κ2) is 55.2. The SMILES string of the molecule is CC/C=C\C/C=C\C/C=C\C/C=C\CCCCCCCCCCCCCCCCC(=O)NC(COC1OC(CO)C(O)C(O)C1O)C(O)/C=C/CCCCCCCCCCCCCCCCCCCCCCCCC. The molecule has 75 heavy (non-hydrogen) atoms. The number of carbonyl (C=O) groups is 1. The Bertz CT molecular complexity index is 1360. The Morgan fingerprint density at radius 2 is 0.827 bits per heavy atom. The molecule has 1 saturated heterocycles. The van der Waals surface area contributed by atoms with Crippen molar-refractivity contribution in [2.45, 2.75) is 339 Å². The molecule has 1 rings (SSSR count). The lowest BCUT2D eigenvalue weighted by molar-refractivity contribution is -0.302. The molecule has 0 radical (unpaired) electrons. The number of hydrogen-bond donors (Lipinski definition) is 6. The minimum absolute atomic E-state index is 0.175. The highest BCUT2D eigenvalue weighted by Gasteiger charge is 2.44. The second-order valence-electron chi connectivity index (χ2n) is 22.2. The monoisotopic (exact) mass is 1060 g/mol. The van der Waals surface area contributed by atoms with Gasteiger partial charge in [-0.2, -0.15) is 0 Å². The van der Waals surface area contributed by atoms with Crippen LogP contribution in [0.4, 0.5) is 0 Å². The number of amides is 1. The molecule has 6 N–H and O–H groups in total. The number of unbranched alkanes of at least 4 members (excludes halogenated alkanes) is 37. The molecule has 9 nitrogen and oxygen atoms in total. The molecule has 1 aliphatic rings. The number of allylic oxidation sites excluding steroid dienone is 9. The molecule has 0 aromatic rings. The van der Waals surface area contributed by atoms with Gasteiger partial charge in [0.15, 0.2) is 6.29 Å². The molecule has 1 amide bonds. The molecule has 0 saturated carbocycles. The topological polar surface area (TPSA) is 149 Å². The van der Waals surface area contributed by atoms with E-state index in [2.05, 4.69) is 67.8 Å². The smallest absolute Gasteiger partial charge is 0.220 e. The summed E-state index contributed by atoms with van der Waals surface area (Å²) in [5.74, 6) is -0.175. The third-order valence-corrected chi connectivity index (χ3v) is 15.1. The van der Waals surface area contributed by atoms with Gasteiger partial charge in [-0.05, 0) is 57.8 Å². The molecule has 0 aromatic carbocycles. The average Bonchev–Trinajstić information content (AvgIpc) is 3.41. The van der Waals surface area contributed by atoms with E-state index in [1.165, 1.54) is 212 Å². The van der Waals surface area contributed by atoms with Crippen LogP contribution in [0.1, 0.15) is 296 Å². The summed E-state index contributed by atoms with van der Waals surface area (Å²) in [5, 5.41) is 54.7. The fourth-order valence-corrected chi connectivity index (χ4v) is 10.1. The van der Waals surface area contributed by atoms with E-state index in [1.807, 2.05) is 6.08 Å². The Balaban J connectivity index is 2.18. The molecule has 1 aliphatic heterocycles. The van der Waals surface area contributed by atoms with E-state index < -0.39 is 49.5 Å². The van der Waals surface area contributed by atoms with Crippen molar-refractivity contribution in [2.75, 3.05) is 13.2 Å². The summed E-state index contributed by atoms with van der Waals surface area (Å²) >= 11 is 0. The standard InChI is InChI=1S/C66H121NO8/c1-3-5-7-9-11-13-15-17-19-21-23-25-27-29-30-32-34-36-38-40-42-44-46-48-50-52-54-56-62(70)67-59(58-74-66-65(73)64(72)63(71)61(57-68)75-66)60(69)55-53-51-49-47-45-43-41-39-37-35-33-31-28-26-24-22-20-18-16-14-12-10-8-6-4-2/h5,7,11,13,17,19,23,25,53,55,59-61,63-66,68-69,71-73H,3-4,6,8-10,12,14-16,18,20-22,24,26-52,54,56-58H2,1-2H3,(H,67,70)/b7-5-,13-11-,19-17-,25-23-,55-53+. The predicted octanol–water partition coefficient (Wildman–Crippen LogP) is 16.6. The zero-order valence-corrected chi connectivity index (χ0v) is 48.8. The van der Waals surface area contributed by atoms with Crippen LogP contribution in [0.25, 0.3) is 0 Å². The summed E-state index contributed by atoms with van der Waals surface area (Å²) in [6, 6.07) is -0.808. The maximum absolute atomic E-state index is 13.1. The van der Waals surface area contributed by atoms with Gasteiger partial charge in [-0.1, -0.05) is 293 Å². The molecule has 1 heterocycles. The fourth-order valence-electron chi connectivity index (χ4n) is 10.1. The number of ether oxygens (including phenoxy) is 2. The van der Waals surface area contributed by atoms with Gasteiger partial charge in [0.1, 0.15) is 24.4 Å². The normalized spacial score (nSPS) is 19.3. The molecule has 7 atom stereocenters. The molecule has 9 heteroatoms. The maximum Gasteiger partial charge on any atom is 0.220 e. The van der Waals surface area contributed by atoms with Crippen molar-refractivity contribution in [1.82, 2.24) is 5.32 Å². The largest absolute Gasteiger partial charge is 0.394 e. The number of aliphatic hydroxyl groups excluding tert-OH is 5. The molecule has 0 aromatic heterocycles. The zero-order chi connectivity index (χ0) is 54.3. The molecule has 0 aliphatic carbocycles. The molecule has 438 valence electrons. The van der Waals surface area contributed by atoms with Gasteiger partial charge in [0, 0.05) is 6.42 Å². The van der Waals surface area contributed by atoms with Crippen LogP contribution in [0.3, 0.4) is 0 Å². The van der Waals surface area contributed by atoms with Crippen LogP contribution in [-0.4, -0.2) is 87.5 Å². The van der Waals surface area contributed by atoms with Crippen molar-refractivity contribution in [3.05, 3.63) is 60.8 Å². The van der Waals surface area contributed by atoms with Crippen molar-refractivity contribution in [3.8, 4) is 0 Å². The Hall–Kier alpha value is -2.11. The Labute approximate surface area is 462 Å². The number of hydrogen-bond acceptors (Lipinski definition) is 8. The highest BCUT2D eigenvalue weighted by Crippen LogP contribution is 2.23. The van der Waals surface area contributed by atoms with Crippen molar-refractivity contribution in [2.24, 2.45) is 0 Å². The van der Waals surface area contributed by atoms with Gasteiger partial charge < -0.3 is 40.3 Å². The second-order valence-corrected chi connectivity index (χ2v) is 22.2. The van der Waals surface area contributed by atoms with Crippen LogP contribution in [0, 0.1) is 0 Å². The maximum atomic E-state index is 13.1. The Kier molecular flexibility index (Phi) is 52.2. The van der Waals surface area contributed by atoms with Crippen LogP contribution in [0.15, 0.2) is 60.8 Å². The Morgan fingerprint density at radius 3 is 1.23 bits per heavy atom. The quantitative estimate of drug-likeness (QED) is 0.0261. The number of carbonyl (C=O) groups excluding carboxylic acids is 1. The summed E-state index contributed by atoms with van der Waals surface area (Å²) in [4.78, 5) is 13.1. The summed E-state index contributed by atoms with van der Waals surface area (Å²) in [7, 11) is 0. The lowest BCUT2D eigenvalue weighted by atomic mass is 9.99. The molecule has 0 spiro atoms. The summed E-state index contributed by atoms with van der Waals surface area (Å²) < 4.78 is 11.3. The lowest BCUT2D eigenvalue weighted by Gasteiger charge is -2.40. The molecule has 0 bridgehead atoms. The molecule has 7 unspecified atom stereocenters. The molecular formula is C66H121NO8. The molecular weight excluding hydrogens is 935 g/mol. The minimum Gasteiger partial charge on any atom is -0.394 e. The van der Waals surface area contributed by atoms with Gasteiger partial charge in [-0.3, -0.25) is 4.79 Å². The highest BCUT2D eigenvalue weighted by molar-refractivity contribution is 5.76. The first-order chi connectivity index (χ1) is 36.8. The summed E-state index contributed by atoms with van der Waals surface area (Å²) in [6.07, 6.45) is 68.7. The molecule has 1 fully saturated rings. The van der Waals surface area contributed by atoms with E-state index >= 15 is 0 Å². The number of nitrogens with one attached hydrogen (secondary N) is 1. The van der Waals surface area contributed by atoms with Gasteiger partial charge in [0.25, 0.3) is 0 Å². The van der Waals surface area contributed by atoms with Crippen LogP contribution in [0.2, 0.25) is 0 Å². The third-order valence-electron chi connectivity index (χ3n) is 15.1. The van der Waals surface area contributed by atoms with Crippen LogP contribution in [0.5, 0.6) is 0 Å². The number of rotatable bonds is 55. The van der Waals surface area contributed by atoms with Crippen LogP contribution in [-0.2, 0) is 14.3 Å². The third kappa shape index (κ3) is 44.4. The van der Waals surface area contributed by atoms with Crippen molar-refractivity contribution in [3.63, 3.8) is 0 Å². The van der Waals surface area contributed by atoms with Crippen LogP contribution >= 0.6 is 0 Å². The van der Waals surface area contributed by atoms with Crippen molar-refractivity contribution >= 4 is 5.91 Å². The van der Waals surface area contributed by atoms with E-state index in [9.17, 15) is 30.3 Å². The first kappa shape index (κ1) is 70.9. The van der Waals surface area contributed by atoms with E-state index in [-0.39, 0.29) is 12.5 Å². The average molecular weight is 1060 g/mol. The van der Waals surface area contributed by atoms with Gasteiger partial charge in [0.2, 0.25) is 5.91 Å². The van der Waals surface area contributed by atoms with Crippen LogP contribution < -0.4 is 5.32 Å². The summed E-state index contributed by atoms with van der Waals surface area (Å²) in [5.41, 5.74) is 0. The van der Waals surface area contributed by atoms with Gasteiger partial charge >= 0.3 is 0 Å². The van der Waals surface area contributed by atoms with E-state index in [4.69, 9.17) is 9.47 Å². The van der Waals surface area contributed by atoms with E-state index in [1.54, 1.807) is 6.08 Å². The van der Waals surface area contributed by atoms with Gasteiger partial charge in [0.05, 0.1) is 25.4 Å². The van der Waals surface area contributed by atoms with Gasteiger partial charge in [-0.15, -0.1) is 0 Å². The first-order valence-corrected chi connectivity index (χ1v) is 32.0. The highest BCUT2D eigenvalue weighted by atomic mass is 16.7. The van der Waals surface area contributed by atoms with Crippen molar-refractivity contribution in [1.29, 1.82) is 0 Å². The van der Waals surface area contributed by atoms with Gasteiger partial charge in [-0.25, -0.2) is 0 Å². The summed E-state index contributed by atoms with van der Waals surface area (Å²) in [6.45, 7) is 3.70. The van der Waals surface area contributed by atoms with E-state index in [0.717, 1.165) is 64.2 Å². The zero-order valence-electron chi connectivity index (χ0n) is 48.8. The fraction of sp³-hybridized carbons (Fsp3) is 0.833. The first-order valence-electron chi connectivity index (χ1n) is 32.0. The number of aliphatic hydroxyl groups is 5. The van der Waals surface area contributed by atoms with Crippen molar-refractivity contribution < 1.29 is 39.8 Å². The van der Waals surface area contributed by atoms with E-state index in [0.29, 0.717) is 6.42 Å². The lowest BCUT2D eigenvalue weighted by Crippen LogP contribution is -2.60.